The van der Waals surface area contributed by atoms with Crippen LogP contribution in [-0.4, -0.2) is 60.6 Å². The fraction of sp³-hybridized carbons (Fsp3) is 0.467. The number of anilines is 1. The highest BCUT2D eigenvalue weighted by Gasteiger charge is 2.28. The zero-order valence-electron chi connectivity index (χ0n) is 14.2. The van der Waals surface area contributed by atoms with Gasteiger partial charge in [0.1, 0.15) is 0 Å². The van der Waals surface area contributed by atoms with Crippen molar-refractivity contribution in [3.05, 3.63) is 33.8 Å². The molecule has 10 heteroatoms. The first kappa shape index (κ1) is 18.5. The zero-order chi connectivity index (χ0) is 18.0. The van der Waals surface area contributed by atoms with E-state index in [4.69, 9.17) is 12.2 Å². The average Bonchev–Trinajstić information content (AvgIpc) is 2.96. The molecule has 0 unspecified atom stereocenters. The minimum Gasteiger partial charge on any atom is -0.363 e. The summed E-state index contributed by atoms with van der Waals surface area (Å²) in [5.41, 5.74) is 1.05. The highest BCUT2D eigenvalue weighted by molar-refractivity contribution is 7.89. The summed E-state index contributed by atoms with van der Waals surface area (Å²) in [5.74, 6) is 0. The monoisotopic (exact) mass is 399 g/mol. The molecule has 0 spiro atoms. The molecule has 0 saturated carbocycles. The number of nitrogens with zero attached hydrogens (tertiary/aromatic N) is 4. The molecule has 1 aromatic carbocycles. The van der Waals surface area contributed by atoms with Crippen LogP contribution in [0, 0.1) is 10.9 Å². The Bertz CT molecular complexity index is 881. The molecule has 1 aliphatic rings. The molecule has 1 fully saturated rings. The second-order valence-electron chi connectivity index (χ2n) is 5.90. The molecule has 0 aliphatic carbocycles. The Kier molecular flexibility index (Phi) is 5.54. The average molecular weight is 400 g/mol. The Balaban J connectivity index is 1.64. The van der Waals surface area contributed by atoms with E-state index in [1.807, 2.05) is 26.1 Å². The van der Waals surface area contributed by atoms with Crippen LogP contribution < -0.4 is 5.32 Å². The van der Waals surface area contributed by atoms with Gasteiger partial charge in [-0.3, -0.25) is 4.90 Å². The second kappa shape index (κ2) is 7.50. The highest BCUT2D eigenvalue weighted by Crippen LogP contribution is 2.19. The van der Waals surface area contributed by atoms with E-state index in [0.717, 1.165) is 10.7 Å². The van der Waals surface area contributed by atoms with Crippen molar-refractivity contribution in [3.8, 4) is 0 Å². The van der Waals surface area contributed by atoms with Crippen molar-refractivity contribution in [1.29, 1.82) is 0 Å². The number of hydrogen-bond donors (Lipinski definition) is 1. The summed E-state index contributed by atoms with van der Waals surface area (Å²) in [6.07, 6.45) is 0. The van der Waals surface area contributed by atoms with Crippen LogP contribution in [0.5, 0.6) is 0 Å². The largest absolute Gasteiger partial charge is 0.363 e. The lowest BCUT2D eigenvalue weighted by atomic mass is 10.2. The van der Waals surface area contributed by atoms with Gasteiger partial charge in [-0.25, -0.2) is 13.1 Å². The summed E-state index contributed by atoms with van der Waals surface area (Å²) >= 11 is 6.74. The second-order valence-corrected chi connectivity index (χ2v) is 9.46. The Morgan fingerprint density at radius 1 is 1.20 bits per heavy atom. The topological polar surface area (TPSA) is 70.5 Å². The minimum absolute atomic E-state index is 0.354. The molecule has 136 valence electrons. The fourth-order valence-corrected chi connectivity index (χ4v) is 5.03. The van der Waals surface area contributed by atoms with Crippen LogP contribution in [0.3, 0.4) is 0 Å². The molecule has 25 heavy (non-hydrogen) atoms. The van der Waals surface area contributed by atoms with Crippen LogP contribution in [-0.2, 0) is 16.7 Å². The predicted molar refractivity (Wildman–Crippen MR) is 102 cm³/mol. The van der Waals surface area contributed by atoms with Crippen molar-refractivity contribution in [2.24, 2.45) is 0 Å². The lowest BCUT2D eigenvalue weighted by Gasteiger charge is -2.33. The normalized spacial score (nSPS) is 16.9. The van der Waals surface area contributed by atoms with Crippen LogP contribution in [0.4, 0.5) is 5.13 Å². The van der Waals surface area contributed by atoms with Gasteiger partial charge in [0.05, 0.1) is 11.6 Å². The number of aryl methyl sites for hydroxylation is 1. The van der Waals surface area contributed by atoms with Gasteiger partial charge in [-0.2, -0.15) is 4.31 Å². The first-order chi connectivity index (χ1) is 11.9. The van der Waals surface area contributed by atoms with Crippen molar-refractivity contribution >= 4 is 38.7 Å². The first-order valence-corrected chi connectivity index (χ1v) is 10.6. The maximum Gasteiger partial charge on any atom is 0.243 e. The molecule has 1 saturated heterocycles. The summed E-state index contributed by atoms with van der Waals surface area (Å²) in [6.45, 7) is 4.76. The number of rotatable bonds is 5. The van der Waals surface area contributed by atoms with Crippen molar-refractivity contribution in [2.45, 2.75) is 18.5 Å². The third-order valence-electron chi connectivity index (χ3n) is 4.14. The molecule has 0 atom stereocenters. The molecule has 2 aromatic rings. The highest BCUT2D eigenvalue weighted by atomic mass is 32.2. The van der Waals surface area contributed by atoms with Gasteiger partial charge in [-0.15, -0.1) is 5.10 Å². The minimum atomic E-state index is -3.43. The van der Waals surface area contributed by atoms with E-state index in [1.54, 1.807) is 21.1 Å². The third kappa shape index (κ3) is 4.09. The van der Waals surface area contributed by atoms with Gasteiger partial charge in [0.2, 0.25) is 15.2 Å². The Morgan fingerprint density at radius 2 is 1.84 bits per heavy atom. The molecular formula is C15H21N5O2S3. The molecule has 1 aromatic heterocycles. The molecule has 1 aliphatic heterocycles. The van der Waals surface area contributed by atoms with Crippen molar-refractivity contribution in [3.63, 3.8) is 0 Å². The van der Waals surface area contributed by atoms with E-state index in [-0.39, 0.29) is 0 Å². The summed E-state index contributed by atoms with van der Waals surface area (Å²) in [5, 5.41) is 8.16. The summed E-state index contributed by atoms with van der Waals surface area (Å²) in [6, 6.07) is 6.99. The Hall–Kier alpha value is -1.33. The smallest absolute Gasteiger partial charge is 0.243 e. The first-order valence-electron chi connectivity index (χ1n) is 7.95. The van der Waals surface area contributed by atoms with Gasteiger partial charge in [-0.05, 0) is 31.3 Å². The summed E-state index contributed by atoms with van der Waals surface area (Å²) in [7, 11) is -1.62. The van der Waals surface area contributed by atoms with E-state index in [2.05, 4.69) is 15.3 Å². The van der Waals surface area contributed by atoms with E-state index in [1.165, 1.54) is 11.3 Å². The molecular weight excluding hydrogens is 378 g/mol. The van der Waals surface area contributed by atoms with E-state index < -0.39 is 10.0 Å². The lowest BCUT2D eigenvalue weighted by molar-refractivity contribution is 0.145. The fourth-order valence-electron chi connectivity index (χ4n) is 2.66. The quantitative estimate of drug-likeness (QED) is 0.776. The van der Waals surface area contributed by atoms with Crippen LogP contribution in [0.1, 0.15) is 5.56 Å². The van der Waals surface area contributed by atoms with Gasteiger partial charge < -0.3 is 5.32 Å². The number of nitrogens with one attached hydrogen (secondary N) is 1. The number of sulfonamides is 1. The number of piperazine rings is 1. The Morgan fingerprint density at radius 3 is 2.40 bits per heavy atom. The summed E-state index contributed by atoms with van der Waals surface area (Å²) < 4.78 is 29.5. The van der Waals surface area contributed by atoms with Gasteiger partial charge in [0.15, 0.2) is 3.95 Å². The van der Waals surface area contributed by atoms with Crippen LogP contribution in [0.25, 0.3) is 0 Å². The SMILES string of the molecule is CNc1nn(CN2CCN(S(=O)(=O)c3ccc(C)cc3)CC2)c(=S)s1. The van der Waals surface area contributed by atoms with Gasteiger partial charge in [0.25, 0.3) is 0 Å². The zero-order valence-corrected chi connectivity index (χ0v) is 16.6. The standard InChI is InChI=1S/C15H21N5O2S3/c1-12-3-5-13(6-4-12)25(21,22)19-9-7-18(8-10-19)11-20-15(23)24-14(16-2)17-20/h3-6H,7-11H2,1-2H3,(H,16,17). The number of aromatic nitrogens is 2. The Labute approximate surface area is 156 Å². The lowest BCUT2D eigenvalue weighted by Crippen LogP contribution is -2.48. The molecule has 1 N–H and O–H groups in total. The molecule has 2 heterocycles. The van der Waals surface area contributed by atoms with Gasteiger partial charge in [0, 0.05) is 33.2 Å². The van der Waals surface area contributed by atoms with Crippen molar-refractivity contribution < 1.29 is 8.42 Å². The maximum atomic E-state index is 12.7. The van der Waals surface area contributed by atoms with Crippen LogP contribution >= 0.6 is 23.6 Å². The van der Waals surface area contributed by atoms with Crippen molar-refractivity contribution in [1.82, 2.24) is 19.0 Å². The van der Waals surface area contributed by atoms with Gasteiger partial charge in [-0.1, -0.05) is 29.0 Å². The van der Waals surface area contributed by atoms with Gasteiger partial charge >= 0.3 is 0 Å². The van der Waals surface area contributed by atoms with Crippen LogP contribution in [0.15, 0.2) is 29.2 Å². The molecule has 0 radical (unpaired) electrons. The molecule has 0 bridgehead atoms. The van der Waals surface area contributed by atoms with E-state index in [9.17, 15) is 8.42 Å². The van der Waals surface area contributed by atoms with E-state index in [0.29, 0.717) is 41.7 Å². The number of benzene rings is 1. The molecule has 3 rings (SSSR count). The maximum absolute atomic E-state index is 12.7. The number of hydrogen-bond acceptors (Lipinski definition) is 7. The third-order valence-corrected chi connectivity index (χ3v) is 7.38. The predicted octanol–water partition coefficient (Wildman–Crippen LogP) is 1.99. The molecule has 7 nitrogen and oxygen atoms in total. The molecule has 0 amide bonds. The van der Waals surface area contributed by atoms with Crippen LogP contribution in [0.2, 0.25) is 0 Å². The van der Waals surface area contributed by atoms with E-state index >= 15 is 0 Å². The summed E-state index contributed by atoms with van der Waals surface area (Å²) in [4.78, 5) is 2.52. The van der Waals surface area contributed by atoms with Crippen molar-refractivity contribution in [2.75, 3.05) is 38.5 Å².